The largest absolute Gasteiger partial charge is 0.484 e. The molecule has 0 saturated carbocycles. The molecule has 0 saturated heterocycles. The molecule has 22 heavy (non-hydrogen) atoms. The van der Waals surface area contributed by atoms with Gasteiger partial charge in [-0.15, -0.1) is 0 Å². The van der Waals surface area contributed by atoms with E-state index < -0.39 is 0 Å². The van der Waals surface area contributed by atoms with Gasteiger partial charge in [0.1, 0.15) is 5.75 Å². The Morgan fingerprint density at radius 2 is 1.86 bits per heavy atom. The Morgan fingerprint density at radius 3 is 2.55 bits per heavy atom. The van der Waals surface area contributed by atoms with Gasteiger partial charge < -0.3 is 10.1 Å². The number of halogens is 1. The minimum absolute atomic E-state index is 0.0869. The molecule has 0 radical (unpaired) electrons. The van der Waals surface area contributed by atoms with Crippen LogP contribution >= 0.6 is 11.6 Å². The summed E-state index contributed by atoms with van der Waals surface area (Å²) in [6.45, 7) is 1.75. The van der Waals surface area contributed by atoms with Crippen LogP contribution in [-0.2, 0) is 4.79 Å². The van der Waals surface area contributed by atoms with Gasteiger partial charge in [0.2, 0.25) is 0 Å². The van der Waals surface area contributed by atoms with Crippen molar-refractivity contribution in [2.45, 2.75) is 6.92 Å². The van der Waals surface area contributed by atoms with Crippen molar-refractivity contribution in [3.05, 3.63) is 64.7 Å². The van der Waals surface area contributed by atoms with E-state index in [2.05, 4.69) is 5.32 Å². The first-order chi connectivity index (χ1) is 10.5. The highest BCUT2D eigenvalue weighted by Crippen LogP contribution is 2.12. The van der Waals surface area contributed by atoms with Crippen molar-refractivity contribution >= 4 is 23.3 Å². The van der Waals surface area contributed by atoms with Gasteiger partial charge >= 0.3 is 0 Å². The number of ether oxygens (including phenoxy) is 1. The zero-order chi connectivity index (χ0) is 15.9. The van der Waals surface area contributed by atoms with Crippen LogP contribution in [0.5, 0.6) is 5.75 Å². The molecule has 1 amide bonds. The van der Waals surface area contributed by atoms with Crippen molar-refractivity contribution in [3.8, 4) is 5.75 Å². The van der Waals surface area contributed by atoms with E-state index in [9.17, 15) is 9.59 Å². The first kappa shape index (κ1) is 16.0. The Labute approximate surface area is 134 Å². The summed E-state index contributed by atoms with van der Waals surface area (Å²) in [5.41, 5.74) is 1.58. The van der Waals surface area contributed by atoms with Crippen LogP contribution in [0, 0.1) is 6.92 Å². The average molecular weight is 318 g/mol. The molecule has 0 aliphatic rings. The highest BCUT2D eigenvalue weighted by atomic mass is 35.5. The van der Waals surface area contributed by atoms with Crippen molar-refractivity contribution in [3.63, 3.8) is 0 Å². The number of carbonyl (C=O) groups excluding carboxylic acids is 2. The molecule has 0 bridgehead atoms. The molecule has 0 fully saturated rings. The van der Waals surface area contributed by atoms with Gasteiger partial charge in [0, 0.05) is 10.6 Å². The molecule has 5 heteroatoms. The molecular weight excluding hydrogens is 302 g/mol. The third-order valence-electron chi connectivity index (χ3n) is 2.98. The summed E-state index contributed by atoms with van der Waals surface area (Å²) in [6.07, 6.45) is 0. The summed E-state index contributed by atoms with van der Waals surface area (Å²) < 4.78 is 5.34. The minimum Gasteiger partial charge on any atom is -0.484 e. The quantitative estimate of drug-likeness (QED) is 0.833. The molecule has 0 unspecified atom stereocenters. The van der Waals surface area contributed by atoms with Gasteiger partial charge in [-0.2, -0.15) is 0 Å². The first-order valence-electron chi connectivity index (χ1n) is 6.79. The Kier molecular flexibility index (Phi) is 5.55. The van der Waals surface area contributed by atoms with Crippen molar-refractivity contribution in [1.29, 1.82) is 0 Å². The number of rotatable bonds is 6. The number of ketones is 1. The summed E-state index contributed by atoms with van der Waals surface area (Å²) >= 11 is 5.82. The number of Topliss-reactive ketones (excluding diaryl/α,β-unsaturated/α-hetero) is 1. The smallest absolute Gasteiger partial charge is 0.258 e. The molecule has 114 valence electrons. The molecule has 4 nitrogen and oxygen atoms in total. The van der Waals surface area contributed by atoms with Crippen molar-refractivity contribution in [2.24, 2.45) is 0 Å². The van der Waals surface area contributed by atoms with Crippen molar-refractivity contribution < 1.29 is 14.3 Å². The normalized spacial score (nSPS) is 10.1. The second-order valence-electron chi connectivity index (χ2n) is 4.81. The fraction of sp³-hybridized carbons (Fsp3) is 0.176. The molecule has 0 aliphatic heterocycles. The Morgan fingerprint density at radius 1 is 1.14 bits per heavy atom. The minimum atomic E-state index is -0.351. The van der Waals surface area contributed by atoms with E-state index in [1.807, 2.05) is 19.1 Å². The summed E-state index contributed by atoms with van der Waals surface area (Å²) in [5, 5.41) is 3.01. The standard InChI is InChI=1S/C17H16ClNO3/c1-12-5-7-15(8-6-12)22-11-17(21)19-10-16(20)13-3-2-4-14(18)9-13/h2-9H,10-11H2,1H3,(H,19,21). The lowest BCUT2D eigenvalue weighted by Crippen LogP contribution is -2.33. The first-order valence-corrected chi connectivity index (χ1v) is 7.17. The van der Waals surface area contributed by atoms with Crippen LogP contribution in [0.3, 0.4) is 0 Å². The molecule has 0 aromatic heterocycles. The van der Waals surface area contributed by atoms with Crippen LogP contribution < -0.4 is 10.1 Å². The Balaban J connectivity index is 1.78. The number of nitrogens with one attached hydrogen (secondary N) is 1. The van der Waals surface area contributed by atoms with Crippen LogP contribution in [0.1, 0.15) is 15.9 Å². The molecule has 2 rings (SSSR count). The number of amides is 1. The maximum Gasteiger partial charge on any atom is 0.258 e. The van der Waals surface area contributed by atoms with Gasteiger partial charge in [0.25, 0.3) is 5.91 Å². The molecule has 0 aliphatic carbocycles. The zero-order valence-corrected chi connectivity index (χ0v) is 12.9. The summed E-state index contributed by atoms with van der Waals surface area (Å²) in [4.78, 5) is 23.6. The highest BCUT2D eigenvalue weighted by Gasteiger charge is 2.09. The highest BCUT2D eigenvalue weighted by molar-refractivity contribution is 6.31. The van der Waals surface area contributed by atoms with E-state index in [1.54, 1.807) is 36.4 Å². The lowest BCUT2D eigenvalue weighted by Gasteiger charge is -2.07. The second kappa shape index (κ2) is 7.61. The molecule has 0 atom stereocenters. The lowest BCUT2D eigenvalue weighted by atomic mass is 10.1. The van der Waals surface area contributed by atoms with E-state index in [0.717, 1.165) is 5.56 Å². The topological polar surface area (TPSA) is 55.4 Å². The second-order valence-corrected chi connectivity index (χ2v) is 5.25. The van der Waals surface area contributed by atoms with Crippen LogP contribution in [-0.4, -0.2) is 24.8 Å². The van der Waals surface area contributed by atoms with Gasteiger partial charge in [-0.3, -0.25) is 9.59 Å². The maximum atomic E-state index is 11.9. The van der Waals surface area contributed by atoms with E-state index in [0.29, 0.717) is 16.3 Å². The fourth-order valence-corrected chi connectivity index (χ4v) is 1.97. The van der Waals surface area contributed by atoms with E-state index >= 15 is 0 Å². The van der Waals surface area contributed by atoms with E-state index in [-0.39, 0.29) is 24.8 Å². The summed E-state index contributed by atoms with van der Waals surface area (Å²) in [5.74, 6) is 0.0593. The van der Waals surface area contributed by atoms with Crippen LogP contribution in [0.2, 0.25) is 5.02 Å². The van der Waals surface area contributed by atoms with Gasteiger partial charge in [0.05, 0.1) is 6.54 Å². The van der Waals surface area contributed by atoms with Gasteiger partial charge in [0.15, 0.2) is 12.4 Å². The predicted molar refractivity (Wildman–Crippen MR) is 85.5 cm³/mol. The monoisotopic (exact) mass is 317 g/mol. The Bertz CT molecular complexity index is 668. The van der Waals surface area contributed by atoms with E-state index in [4.69, 9.17) is 16.3 Å². The maximum absolute atomic E-state index is 11.9. The third kappa shape index (κ3) is 4.90. The predicted octanol–water partition coefficient (Wildman–Crippen LogP) is 3.03. The number of benzene rings is 2. The van der Waals surface area contributed by atoms with Crippen LogP contribution in [0.4, 0.5) is 0 Å². The SMILES string of the molecule is Cc1ccc(OCC(=O)NCC(=O)c2cccc(Cl)c2)cc1. The van der Waals surface area contributed by atoms with Crippen LogP contribution in [0.25, 0.3) is 0 Å². The molecule has 0 heterocycles. The number of aryl methyl sites for hydroxylation is 1. The van der Waals surface area contributed by atoms with Gasteiger partial charge in [-0.25, -0.2) is 0 Å². The van der Waals surface area contributed by atoms with Gasteiger partial charge in [-0.05, 0) is 31.2 Å². The fourth-order valence-electron chi connectivity index (χ4n) is 1.78. The van der Waals surface area contributed by atoms with E-state index in [1.165, 1.54) is 0 Å². The molecule has 1 N–H and O–H groups in total. The third-order valence-corrected chi connectivity index (χ3v) is 3.22. The molecule has 2 aromatic rings. The molecular formula is C17H16ClNO3. The molecule has 2 aromatic carbocycles. The molecule has 0 spiro atoms. The zero-order valence-electron chi connectivity index (χ0n) is 12.1. The summed E-state index contributed by atoms with van der Waals surface area (Å²) in [6, 6.07) is 14.0. The lowest BCUT2D eigenvalue weighted by molar-refractivity contribution is -0.122. The van der Waals surface area contributed by atoms with Crippen molar-refractivity contribution in [1.82, 2.24) is 5.32 Å². The number of hydrogen-bond donors (Lipinski definition) is 1. The summed E-state index contributed by atoms with van der Waals surface area (Å²) in [7, 11) is 0. The number of carbonyl (C=O) groups is 2. The number of hydrogen-bond acceptors (Lipinski definition) is 3. The van der Waals surface area contributed by atoms with Crippen LogP contribution in [0.15, 0.2) is 48.5 Å². The van der Waals surface area contributed by atoms with Gasteiger partial charge in [-0.1, -0.05) is 41.4 Å². The van der Waals surface area contributed by atoms with Crippen molar-refractivity contribution in [2.75, 3.05) is 13.2 Å². The average Bonchev–Trinajstić information content (AvgIpc) is 2.52. The Hall–Kier alpha value is -2.33.